The molecule has 104 valence electrons. The van der Waals surface area contributed by atoms with E-state index in [2.05, 4.69) is 15.4 Å². The highest BCUT2D eigenvalue weighted by Gasteiger charge is 2.39. The predicted molar refractivity (Wildman–Crippen MR) is 66.3 cm³/mol. The Morgan fingerprint density at radius 3 is 2.74 bits per heavy atom. The van der Waals surface area contributed by atoms with Gasteiger partial charge in [-0.05, 0) is 25.2 Å². The number of carboxylic acid groups (broad SMARTS) is 1. The topological polar surface area (TPSA) is 97.1 Å². The summed E-state index contributed by atoms with van der Waals surface area (Å²) in [7, 11) is 0. The largest absolute Gasteiger partial charge is 0.481 e. The van der Waals surface area contributed by atoms with E-state index in [0.717, 1.165) is 19.3 Å². The van der Waals surface area contributed by atoms with E-state index in [-0.39, 0.29) is 17.7 Å². The standard InChI is InChI=1S/C12H18N4O3/c1-9(16-8-13-7-15-16)11(19)14-6-12(3-2-4-12)5-10(17)18/h7-9H,2-6H2,1H3,(H,14,19)(H,17,18). The summed E-state index contributed by atoms with van der Waals surface area (Å²) in [6, 6.07) is -0.440. The van der Waals surface area contributed by atoms with Crippen LogP contribution in [0.2, 0.25) is 0 Å². The second-order valence-electron chi connectivity index (χ2n) is 5.19. The molecule has 7 heteroatoms. The van der Waals surface area contributed by atoms with Crippen molar-refractivity contribution in [2.75, 3.05) is 6.54 Å². The minimum atomic E-state index is -0.807. The van der Waals surface area contributed by atoms with Crippen LogP contribution in [0.1, 0.15) is 38.6 Å². The van der Waals surface area contributed by atoms with Crippen LogP contribution in [-0.2, 0) is 9.59 Å². The molecule has 7 nitrogen and oxygen atoms in total. The number of amides is 1. The van der Waals surface area contributed by atoms with Crippen molar-refractivity contribution in [1.29, 1.82) is 0 Å². The Balaban J connectivity index is 1.87. The number of carbonyl (C=O) groups is 2. The highest BCUT2D eigenvalue weighted by Crippen LogP contribution is 2.43. The second-order valence-corrected chi connectivity index (χ2v) is 5.19. The molecule has 1 aliphatic carbocycles. The molecule has 0 saturated heterocycles. The van der Waals surface area contributed by atoms with Gasteiger partial charge in [-0.1, -0.05) is 6.42 Å². The zero-order valence-electron chi connectivity index (χ0n) is 10.9. The van der Waals surface area contributed by atoms with Crippen molar-refractivity contribution in [3.8, 4) is 0 Å². The molecular weight excluding hydrogens is 248 g/mol. The van der Waals surface area contributed by atoms with Crippen LogP contribution in [0.3, 0.4) is 0 Å². The van der Waals surface area contributed by atoms with Gasteiger partial charge in [-0.15, -0.1) is 0 Å². The molecule has 1 fully saturated rings. The maximum absolute atomic E-state index is 12.0. The molecule has 1 aliphatic rings. The van der Waals surface area contributed by atoms with Gasteiger partial charge in [0.2, 0.25) is 5.91 Å². The number of nitrogens with zero attached hydrogens (tertiary/aromatic N) is 3. The van der Waals surface area contributed by atoms with Gasteiger partial charge in [0.05, 0.1) is 6.42 Å². The third-order valence-corrected chi connectivity index (χ3v) is 3.79. The number of hydrogen-bond acceptors (Lipinski definition) is 4. The number of carbonyl (C=O) groups excluding carboxylic acids is 1. The molecule has 0 aliphatic heterocycles. The van der Waals surface area contributed by atoms with Gasteiger partial charge in [-0.25, -0.2) is 9.67 Å². The number of aliphatic carboxylic acids is 1. The van der Waals surface area contributed by atoms with E-state index in [4.69, 9.17) is 5.11 Å². The number of carboxylic acids is 1. The first-order chi connectivity index (χ1) is 9.02. The van der Waals surface area contributed by atoms with Gasteiger partial charge in [0.15, 0.2) is 0 Å². The highest BCUT2D eigenvalue weighted by molar-refractivity contribution is 5.79. The molecule has 0 spiro atoms. The number of nitrogens with one attached hydrogen (secondary N) is 1. The average Bonchev–Trinajstić information content (AvgIpc) is 2.84. The molecule has 0 radical (unpaired) electrons. The molecule has 2 N–H and O–H groups in total. The summed E-state index contributed by atoms with van der Waals surface area (Å²) in [5, 5.41) is 15.6. The molecule has 1 unspecified atom stereocenters. The van der Waals surface area contributed by atoms with Crippen molar-refractivity contribution in [3.63, 3.8) is 0 Å². The zero-order valence-corrected chi connectivity index (χ0v) is 10.9. The van der Waals surface area contributed by atoms with Crippen LogP contribution in [0.5, 0.6) is 0 Å². The fraction of sp³-hybridized carbons (Fsp3) is 0.667. The Kier molecular flexibility index (Phi) is 3.82. The summed E-state index contributed by atoms with van der Waals surface area (Å²) >= 11 is 0. The van der Waals surface area contributed by atoms with Crippen molar-refractivity contribution in [2.24, 2.45) is 5.41 Å². The van der Waals surface area contributed by atoms with Gasteiger partial charge < -0.3 is 10.4 Å². The third-order valence-electron chi connectivity index (χ3n) is 3.79. The van der Waals surface area contributed by atoms with Crippen LogP contribution in [0.4, 0.5) is 0 Å². The van der Waals surface area contributed by atoms with Crippen molar-refractivity contribution in [2.45, 2.75) is 38.6 Å². The van der Waals surface area contributed by atoms with Crippen molar-refractivity contribution in [1.82, 2.24) is 20.1 Å². The van der Waals surface area contributed by atoms with Crippen molar-refractivity contribution in [3.05, 3.63) is 12.7 Å². The van der Waals surface area contributed by atoms with E-state index < -0.39 is 12.0 Å². The van der Waals surface area contributed by atoms with Gasteiger partial charge in [0.1, 0.15) is 18.7 Å². The van der Waals surface area contributed by atoms with Gasteiger partial charge in [-0.3, -0.25) is 9.59 Å². The highest BCUT2D eigenvalue weighted by atomic mass is 16.4. The van der Waals surface area contributed by atoms with E-state index in [1.165, 1.54) is 17.3 Å². The van der Waals surface area contributed by atoms with Crippen molar-refractivity contribution >= 4 is 11.9 Å². The quantitative estimate of drug-likeness (QED) is 0.785. The Morgan fingerprint density at radius 1 is 1.53 bits per heavy atom. The average molecular weight is 266 g/mol. The Labute approximate surface area is 111 Å². The molecule has 19 heavy (non-hydrogen) atoms. The third kappa shape index (κ3) is 3.10. The van der Waals surface area contributed by atoms with Gasteiger partial charge in [-0.2, -0.15) is 5.10 Å². The van der Waals surface area contributed by atoms with Crippen molar-refractivity contribution < 1.29 is 14.7 Å². The van der Waals surface area contributed by atoms with Gasteiger partial charge >= 0.3 is 5.97 Å². The van der Waals surface area contributed by atoms with Crippen LogP contribution in [0.25, 0.3) is 0 Å². The Bertz CT molecular complexity index is 454. The maximum atomic E-state index is 12.0. The first kappa shape index (κ1) is 13.5. The minimum Gasteiger partial charge on any atom is -0.481 e. The lowest BCUT2D eigenvalue weighted by Gasteiger charge is -2.41. The number of rotatable bonds is 6. The number of aromatic nitrogens is 3. The molecule has 1 heterocycles. The van der Waals surface area contributed by atoms with E-state index in [1.54, 1.807) is 6.92 Å². The Hall–Kier alpha value is -1.92. The molecular formula is C12H18N4O3. The lowest BCUT2D eigenvalue weighted by molar-refractivity contribution is -0.142. The van der Waals surface area contributed by atoms with E-state index >= 15 is 0 Å². The fourth-order valence-corrected chi connectivity index (χ4v) is 2.37. The molecule has 1 aromatic rings. The van der Waals surface area contributed by atoms with Crippen LogP contribution in [0, 0.1) is 5.41 Å². The zero-order chi connectivity index (χ0) is 13.9. The molecule has 2 rings (SSSR count). The predicted octanol–water partition coefficient (Wildman–Crippen LogP) is 0.600. The lowest BCUT2D eigenvalue weighted by Crippen LogP contribution is -2.45. The molecule has 0 bridgehead atoms. The fourth-order valence-electron chi connectivity index (χ4n) is 2.37. The molecule has 1 atom stereocenters. The monoisotopic (exact) mass is 266 g/mol. The molecule has 1 amide bonds. The minimum absolute atomic E-state index is 0.116. The maximum Gasteiger partial charge on any atom is 0.303 e. The van der Waals surface area contributed by atoms with Crippen LogP contribution in [-0.4, -0.2) is 38.3 Å². The lowest BCUT2D eigenvalue weighted by atomic mass is 9.66. The summed E-state index contributed by atoms with van der Waals surface area (Å²) in [4.78, 5) is 26.6. The first-order valence-corrected chi connectivity index (χ1v) is 6.36. The molecule has 0 aromatic carbocycles. The molecule has 1 saturated carbocycles. The van der Waals surface area contributed by atoms with E-state index in [1.807, 2.05) is 0 Å². The van der Waals surface area contributed by atoms with Crippen LogP contribution >= 0.6 is 0 Å². The smallest absolute Gasteiger partial charge is 0.303 e. The second kappa shape index (κ2) is 5.38. The summed E-state index contributed by atoms with van der Waals surface area (Å²) < 4.78 is 1.47. The molecule has 1 aromatic heterocycles. The number of hydrogen-bond donors (Lipinski definition) is 2. The van der Waals surface area contributed by atoms with Crippen LogP contribution in [0.15, 0.2) is 12.7 Å². The van der Waals surface area contributed by atoms with Crippen LogP contribution < -0.4 is 5.32 Å². The summed E-state index contributed by atoms with van der Waals surface area (Å²) in [5.74, 6) is -0.972. The SMILES string of the molecule is CC(C(=O)NCC1(CC(=O)O)CCC1)n1cncn1. The summed E-state index contributed by atoms with van der Waals surface area (Å²) in [5.41, 5.74) is -0.260. The van der Waals surface area contributed by atoms with E-state index in [0.29, 0.717) is 6.54 Å². The van der Waals surface area contributed by atoms with E-state index in [9.17, 15) is 9.59 Å². The summed E-state index contributed by atoms with van der Waals surface area (Å²) in [6.45, 7) is 2.14. The first-order valence-electron chi connectivity index (χ1n) is 6.36. The summed E-state index contributed by atoms with van der Waals surface area (Å²) in [6.07, 6.45) is 5.73. The normalized spacial score (nSPS) is 18.4. The van der Waals surface area contributed by atoms with Gasteiger partial charge in [0.25, 0.3) is 0 Å². The van der Waals surface area contributed by atoms with Gasteiger partial charge in [0, 0.05) is 6.54 Å². The Morgan fingerprint density at radius 2 is 2.26 bits per heavy atom.